The lowest BCUT2D eigenvalue weighted by Gasteiger charge is -2.25. The second-order valence-electron chi connectivity index (χ2n) is 5.78. The summed E-state index contributed by atoms with van der Waals surface area (Å²) in [7, 11) is 0. The van der Waals surface area contributed by atoms with Crippen molar-refractivity contribution in [2.45, 2.75) is 25.3 Å². The number of hydrogen-bond donors (Lipinski definition) is 1. The highest BCUT2D eigenvalue weighted by Crippen LogP contribution is 2.33. The number of pyridine rings is 1. The molecule has 1 aliphatic rings. The van der Waals surface area contributed by atoms with Crippen LogP contribution in [0.1, 0.15) is 45.7 Å². The molecule has 2 atom stereocenters. The summed E-state index contributed by atoms with van der Waals surface area (Å²) >= 11 is 0. The van der Waals surface area contributed by atoms with Gasteiger partial charge in [-0.3, -0.25) is 4.79 Å². The van der Waals surface area contributed by atoms with Crippen LogP contribution in [0, 0.1) is 0 Å². The molecule has 0 aliphatic carbocycles. The van der Waals surface area contributed by atoms with Crippen LogP contribution in [0.25, 0.3) is 0 Å². The molecular formula is C18H18N2O3. The van der Waals surface area contributed by atoms with Gasteiger partial charge in [0.2, 0.25) is 0 Å². The summed E-state index contributed by atoms with van der Waals surface area (Å²) in [5.41, 5.74) is 1.61. The fourth-order valence-corrected chi connectivity index (χ4v) is 3.18. The molecule has 1 amide bonds. The maximum Gasteiger partial charge on any atom is 0.354 e. The van der Waals surface area contributed by atoms with Gasteiger partial charge in [-0.15, -0.1) is 0 Å². The minimum absolute atomic E-state index is 0.0572. The van der Waals surface area contributed by atoms with Gasteiger partial charge in [-0.1, -0.05) is 30.3 Å². The van der Waals surface area contributed by atoms with Gasteiger partial charge in [0.1, 0.15) is 5.69 Å². The first-order chi connectivity index (χ1) is 11.1. The molecule has 1 fully saturated rings. The SMILES string of the molecule is C[C@@H]1[C@H](c2ccccc2)CCN1C(=O)c1ccc(C(=O)O)nc1. The summed E-state index contributed by atoms with van der Waals surface area (Å²) in [5.74, 6) is -0.866. The summed E-state index contributed by atoms with van der Waals surface area (Å²) in [6.07, 6.45) is 2.27. The number of rotatable bonds is 3. The standard InChI is InChI=1S/C18H18N2O3/c1-12-15(13-5-3-2-4-6-13)9-10-20(12)17(21)14-7-8-16(18(22)23)19-11-14/h2-8,11-12,15H,9-10H2,1H3,(H,22,23)/t12-,15-/m1/s1. The fraction of sp³-hybridized carbons (Fsp3) is 0.278. The summed E-state index contributed by atoms with van der Waals surface area (Å²) in [4.78, 5) is 29.2. The van der Waals surface area contributed by atoms with Crippen molar-refractivity contribution in [1.82, 2.24) is 9.88 Å². The van der Waals surface area contributed by atoms with E-state index in [0.717, 1.165) is 6.42 Å². The molecule has 0 spiro atoms. The van der Waals surface area contributed by atoms with Crippen molar-refractivity contribution in [3.8, 4) is 0 Å². The van der Waals surface area contributed by atoms with Crippen LogP contribution in [0.5, 0.6) is 0 Å². The lowest BCUT2D eigenvalue weighted by atomic mass is 9.93. The zero-order valence-electron chi connectivity index (χ0n) is 12.8. The Kier molecular flexibility index (Phi) is 4.10. The second-order valence-corrected chi connectivity index (χ2v) is 5.78. The second kappa shape index (κ2) is 6.20. The van der Waals surface area contributed by atoms with Gasteiger partial charge in [-0.2, -0.15) is 0 Å². The van der Waals surface area contributed by atoms with E-state index in [9.17, 15) is 9.59 Å². The lowest BCUT2D eigenvalue weighted by molar-refractivity contribution is 0.0686. The maximum atomic E-state index is 12.7. The zero-order valence-corrected chi connectivity index (χ0v) is 12.8. The molecule has 3 rings (SSSR count). The van der Waals surface area contributed by atoms with Crippen molar-refractivity contribution >= 4 is 11.9 Å². The number of likely N-dealkylation sites (tertiary alicyclic amines) is 1. The number of aromatic carboxylic acids is 1. The predicted octanol–water partition coefficient (Wildman–Crippen LogP) is 2.80. The number of benzene rings is 1. The highest BCUT2D eigenvalue weighted by atomic mass is 16.4. The van der Waals surface area contributed by atoms with E-state index in [-0.39, 0.29) is 17.6 Å². The summed E-state index contributed by atoms with van der Waals surface area (Å²) in [6.45, 7) is 2.75. The van der Waals surface area contributed by atoms with E-state index < -0.39 is 5.97 Å². The van der Waals surface area contributed by atoms with E-state index in [2.05, 4.69) is 24.0 Å². The molecule has 1 N–H and O–H groups in total. The van der Waals surface area contributed by atoms with E-state index >= 15 is 0 Å². The normalized spacial score (nSPS) is 20.5. The molecule has 118 valence electrons. The first-order valence-corrected chi connectivity index (χ1v) is 7.63. The van der Waals surface area contributed by atoms with Crippen LogP contribution in [-0.4, -0.2) is 39.5 Å². The Balaban J connectivity index is 1.77. The lowest BCUT2D eigenvalue weighted by Crippen LogP contribution is -2.35. The number of carbonyl (C=O) groups excluding carboxylic acids is 1. The van der Waals surface area contributed by atoms with Crippen molar-refractivity contribution in [2.75, 3.05) is 6.54 Å². The number of nitrogens with zero attached hydrogens (tertiary/aromatic N) is 2. The molecule has 1 aromatic heterocycles. The Morgan fingerprint density at radius 3 is 2.52 bits per heavy atom. The Bertz CT molecular complexity index is 713. The average molecular weight is 310 g/mol. The number of carboxylic acids is 1. The van der Waals surface area contributed by atoms with Crippen LogP contribution in [0.2, 0.25) is 0 Å². The van der Waals surface area contributed by atoms with Gasteiger partial charge >= 0.3 is 5.97 Å². The quantitative estimate of drug-likeness (QED) is 0.946. The molecule has 1 saturated heterocycles. The van der Waals surface area contributed by atoms with Crippen molar-refractivity contribution in [1.29, 1.82) is 0 Å². The first-order valence-electron chi connectivity index (χ1n) is 7.63. The van der Waals surface area contributed by atoms with Gasteiger partial charge in [0, 0.05) is 24.7 Å². The minimum atomic E-state index is -1.09. The van der Waals surface area contributed by atoms with Crippen molar-refractivity contribution in [2.24, 2.45) is 0 Å². The van der Waals surface area contributed by atoms with E-state index in [1.165, 1.54) is 23.9 Å². The number of amides is 1. The molecule has 23 heavy (non-hydrogen) atoms. The van der Waals surface area contributed by atoms with Crippen molar-refractivity contribution in [3.63, 3.8) is 0 Å². The monoisotopic (exact) mass is 310 g/mol. The van der Waals surface area contributed by atoms with Crippen LogP contribution in [0.15, 0.2) is 48.7 Å². The van der Waals surface area contributed by atoms with Gasteiger partial charge in [-0.05, 0) is 31.0 Å². The fourth-order valence-electron chi connectivity index (χ4n) is 3.18. The average Bonchev–Trinajstić information content (AvgIpc) is 2.96. The topological polar surface area (TPSA) is 70.5 Å². The molecule has 0 saturated carbocycles. The van der Waals surface area contributed by atoms with Crippen molar-refractivity contribution in [3.05, 3.63) is 65.5 Å². The van der Waals surface area contributed by atoms with Gasteiger partial charge in [0.15, 0.2) is 0 Å². The number of aromatic nitrogens is 1. The van der Waals surface area contributed by atoms with Crippen LogP contribution >= 0.6 is 0 Å². The molecule has 2 aromatic rings. The molecule has 0 radical (unpaired) electrons. The van der Waals surface area contributed by atoms with Gasteiger partial charge in [0.25, 0.3) is 5.91 Å². The number of carbonyl (C=O) groups is 2. The Labute approximate surface area is 134 Å². The third kappa shape index (κ3) is 2.95. The van der Waals surface area contributed by atoms with Gasteiger partial charge in [0.05, 0.1) is 5.56 Å². The molecule has 2 heterocycles. The predicted molar refractivity (Wildman–Crippen MR) is 85.5 cm³/mol. The molecule has 1 aromatic carbocycles. The smallest absolute Gasteiger partial charge is 0.354 e. The van der Waals surface area contributed by atoms with E-state index in [1.807, 2.05) is 23.1 Å². The van der Waals surface area contributed by atoms with E-state index in [0.29, 0.717) is 18.0 Å². The third-order valence-electron chi connectivity index (χ3n) is 4.47. The molecule has 0 unspecified atom stereocenters. The largest absolute Gasteiger partial charge is 0.477 e. The van der Waals surface area contributed by atoms with E-state index in [4.69, 9.17) is 5.11 Å². The summed E-state index contributed by atoms with van der Waals surface area (Å²) in [6, 6.07) is 13.2. The maximum absolute atomic E-state index is 12.7. The van der Waals surface area contributed by atoms with Crippen LogP contribution < -0.4 is 0 Å². The molecule has 5 heteroatoms. The van der Waals surface area contributed by atoms with E-state index in [1.54, 1.807) is 0 Å². The van der Waals surface area contributed by atoms with Crippen LogP contribution in [0.3, 0.4) is 0 Å². The number of carboxylic acid groups (broad SMARTS) is 1. The molecule has 1 aliphatic heterocycles. The molecule has 5 nitrogen and oxygen atoms in total. The highest BCUT2D eigenvalue weighted by molar-refractivity contribution is 5.95. The Morgan fingerprint density at radius 2 is 1.91 bits per heavy atom. The Morgan fingerprint density at radius 1 is 1.17 bits per heavy atom. The zero-order chi connectivity index (χ0) is 16.4. The van der Waals surface area contributed by atoms with Crippen molar-refractivity contribution < 1.29 is 14.7 Å². The summed E-state index contributed by atoms with van der Waals surface area (Å²) < 4.78 is 0. The Hall–Kier alpha value is -2.69. The minimum Gasteiger partial charge on any atom is -0.477 e. The third-order valence-corrected chi connectivity index (χ3v) is 4.47. The van der Waals surface area contributed by atoms with Gasteiger partial charge in [-0.25, -0.2) is 9.78 Å². The first kappa shape index (κ1) is 15.2. The molecular weight excluding hydrogens is 292 g/mol. The highest BCUT2D eigenvalue weighted by Gasteiger charge is 2.35. The van der Waals surface area contributed by atoms with Crippen LogP contribution in [-0.2, 0) is 0 Å². The number of hydrogen-bond acceptors (Lipinski definition) is 3. The van der Waals surface area contributed by atoms with Gasteiger partial charge < -0.3 is 10.0 Å². The molecule has 0 bridgehead atoms. The van der Waals surface area contributed by atoms with Crippen LogP contribution in [0.4, 0.5) is 0 Å². The summed E-state index contributed by atoms with van der Waals surface area (Å²) in [5, 5.41) is 8.87.